The first-order valence-corrected chi connectivity index (χ1v) is 6.96. The SMILES string of the molecule is CC(C)c1nc(-c2ccc3c(c2)CCN3C)c(N)n1N. The molecule has 1 aromatic heterocycles. The predicted octanol–water partition coefficient (Wildman–Crippen LogP) is 1.96. The Morgan fingerprint density at radius 2 is 2.05 bits per heavy atom. The van der Waals surface area contributed by atoms with E-state index in [-0.39, 0.29) is 5.92 Å². The minimum absolute atomic E-state index is 0.247. The van der Waals surface area contributed by atoms with E-state index in [1.54, 1.807) is 0 Å². The first-order valence-electron chi connectivity index (χ1n) is 6.96. The number of hydrogen-bond donors (Lipinski definition) is 2. The zero-order valence-electron chi connectivity index (χ0n) is 12.2. The highest BCUT2D eigenvalue weighted by molar-refractivity contribution is 5.75. The fourth-order valence-corrected chi connectivity index (χ4v) is 2.80. The number of nitrogens with two attached hydrogens (primary N) is 2. The average Bonchev–Trinajstić information content (AvgIpc) is 2.92. The van der Waals surface area contributed by atoms with Crippen LogP contribution in [0.3, 0.4) is 0 Å². The molecule has 20 heavy (non-hydrogen) atoms. The summed E-state index contributed by atoms with van der Waals surface area (Å²) in [4.78, 5) is 6.89. The third-order valence-corrected chi connectivity index (χ3v) is 3.97. The van der Waals surface area contributed by atoms with Crippen molar-refractivity contribution in [3.05, 3.63) is 29.6 Å². The molecule has 0 aliphatic carbocycles. The van der Waals surface area contributed by atoms with E-state index in [2.05, 4.69) is 49.0 Å². The number of benzene rings is 1. The van der Waals surface area contributed by atoms with Crippen molar-refractivity contribution in [2.45, 2.75) is 26.2 Å². The van der Waals surface area contributed by atoms with E-state index in [4.69, 9.17) is 11.6 Å². The van der Waals surface area contributed by atoms with Crippen LogP contribution in [-0.4, -0.2) is 23.3 Å². The van der Waals surface area contributed by atoms with Gasteiger partial charge in [-0.15, -0.1) is 0 Å². The first-order chi connectivity index (χ1) is 9.49. The Hall–Kier alpha value is -2.17. The lowest BCUT2D eigenvalue weighted by Gasteiger charge is -2.11. The van der Waals surface area contributed by atoms with Gasteiger partial charge in [-0.05, 0) is 24.1 Å². The quantitative estimate of drug-likeness (QED) is 0.819. The number of imidazole rings is 1. The second-order valence-corrected chi connectivity index (χ2v) is 5.74. The molecule has 5 heteroatoms. The Morgan fingerprint density at radius 3 is 2.70 bits per heavy atom. The third kappa shape index (κ3) is 1.81. The topological polar surface area (TPSA) is 73.1 Å². The van der Waals surface area contributed by atoms with E-state index in [1.165, 1.54) is 15.9 Å². The lowest BCUT2D eigenvalue weighted by atomic mass is 10.1. The molecule has 0 bridgehead atoms. The highest BCUT2D eigenvalue weighted by Gasteiger charge is 2.20. The molecule has 1 aromatic carbocycles. The molecule has 0 saturated carbocycles. The minimum Gasteiger partial charge on any atom is -0.382 e. The van der Waals surface area contributed by atoms with Crippen LogP contribution in [0.5, 0.6) is 0 Å². The largest absolute Gasteiger partial charge is 0.382 e. The summed E-state index contributed by atoms with van der Waals surface area (Å²) < 4.78 is 1.50. The minimum atomic E-state index is 0.247. The van der Waals surface area contributed by atoms with Crippen molar-refractivity contribution in [1.29, 1.82) is 0 Å². The summed E-state index contributed by atoms with van der Waals surface area (Å²) in [6.45, 7) is 5.19. The summed E-state index contributed by atoms with van der Waals surface area (Å²) in [5.41, 5.74) is 10.6. The van der Waals surface area contributed by atoms with Crippen molar-refractivity contribution in [1.82, 2.24) is 9.66 Å². The number of likely N-dealkylation sites (N-methyl/N-ethyl adjacent to an activating group) is 1. The Labute approximate surface area is 119 Å². The maximum absolute atomic E-state index is 6.11. The second kappa shape index (κ2) is 4.44. The van der Waals surface area contributed by atoms with Gasteiger partial charge in [-0.1, -0.05) is 19.9 Å². The summed E-state index contributed by atoms with van der Waals surface area (Å²) in [6, 6.07) is 6.40. The summed E-state index contributed by atoms with van der Waals surface area (Å²) >= 11 is 0. The van der Waals surface area contributed by atoms with E-state index in [1.807, 2.05) is 0 Å². The molecule has 0 unspecified atom stereocenters. The van der Waals surface area contributed by atoms with Gasteiger partial charge >= 0.3 is 0 Å². The van der Waals surface area contributed by atoms with E-state index in [0.717, 1.165) is 30.0 Å². The highest BCUT2D eigenvalue weighted by Crippen LogP contribution is 2.33. The third-order valence-electron chi connectivity index (χ3n) is 3.97. The number of fused-ring (bicyclic) bond motifs is 1. The zero-order chi connectivity index (χ0) is 14.4. The standard InChI is InChI=1S/C15H21N5/c1-9(2)15-18-13(14(16)20(15)17)11-4-5-12-10(8-11)6-7-19(12)3/h4-5,8-9H,6-7,16-17H2,1-3H3. The molecule has 0 radical (unpaired) electrons. The van der Waals surface area contributed by atoms with Gasteiger partial charge in [-0.2, -0.15) is 0 Å². The molecule has 1 aliphatic heterocycles. The molecular formula is C15H21N5. The molecule has 106 valence electrons. The van der Waals surface area contributed by atoms with Crippen molar-refractivity contribution in [3.63, 3.8) is 0 Å². The molecule has 1 aliphatic rings. The maximum Gasteiger partial charge on any atom is 0.150 e. The maximum atomic E-state index is 6.11. The predicted molar refractivity (Wildman–Crippen MR) is 83.3 cm³/mol. The van der Waals surface area contributed by atoms with E-state index in [9.17, 15) is 0 Å². The average molecular weight is 271 g/mol. The van der Waals surface area contributed by atoms with Gasteiger partial charge in [0, 0.05) is 30.8 Å². The van der Waals surface area contributed by atoms with Gasteiger partial charge in [0.2, 0.25) is 0 Å². The zero-order valence-corrected chi connectivity index (χ0v) is 12.2. The van der Waals surface area contributed by atoms with Crippen LogP contribution in [0.25, 0.3) is 11.3 Å². The Kier molecular flexibility index (Phi) is 2.85. The van der Waals surface area contributed by atoms with Gasteiger partial charge in [-0.25, -0.2) is 9.66 Å². The molecule has 4 N–H and O–H groups in total. The molecular weight excluding hydrogens is 250 g/mol. The van der Waals surface area contributed by atoms with Crippen LogP contribution < -0.4 is 16.5 Å². The van der Waals surface area contributed by atoms with Crippen molar-refractivity contribution in [2.24, 2.45) is 0 Å². The van der Waals surface area contributed by atoms with Gasteiger partial charge < -0.3 is 16.5 Å². The fraction of sp³-hybridized carbons (Fsp3) is 0.400. The normalized spacial score (nSPS) is 14.1. The van der Waals surface area contributed by atoms with Gasteiger partial charge in [0.15, 0.2) is 5.82 Å². The molecule has 0 fully saturated rings. The molecule has 2 heterocycles. The first kappa shape index (κ1) is 12.8. The number of nitrogens with zero attached hydrogens (tertiary/aromatic N) is 3. The molecule has 0 amide bonds. The second-order valence-electron chi connectivity index (χ2n) is 5.74. The van der Waals surface area contributed by atoms with Gasteiger partial charge in [0.1, 0.15) is 11.5 Å². The Bertz CT molecular complexity index is 657. The summed E-state index contributed by atoms with van der Waals surface area (Å²) in [5.74, 6) is 7.59. The van der Waals surface area contributed by atoms with Crippen molar-refractivity contribution < 1.29 is 0 Å². The van der Waals surface area contributed by atoms with Crippen LogP contribution in [0.1, 0.15) is 31.2 Å². The Morgan fingerprint density at radius 1 is 1.30 bits per heavy atom. The van der Waals surface area contributed by atoms with Gasteiger partial charge in [0.25, 0.3) is 0 Å². The lowest BCUT2D eigenvalue weighted by molar-refractivity contribution is 0.739. The van der Waals surface area contributed by atoms with E-state index in [0.29, 0.717) is 5.82 Å². The van der Waals surface area contributed by atoms with Crippen molar-refractivity contribution in [3.8, 4) is 11.3 Å². The monoisotopic (exact) mass is 271 g/mol. The number of aromatic nitrogens is 2. The number of rotatable bonds is 2. The number of hydrogen-bond acceptors (Lipinski definition) is 4. The number of anilines is 2. The van der Waals surface area contributed by atoms with E-state index < -0.39 is 0 Å². The fourth-order valence-electron chi connectivity index (χ4n) is 2.80. The van der Waals surface area contributed by atoms with Crippen LogP contribution in [-0.2, 0) is 6.42 Å². The van der Waals surface area contributed by atoms with Crippen molar-refractivity contribution in [2.75, 3.05) is 30.1 Å². The molecule has 3 rings (SSSR count). The summed E-state index contributed by atoms with van der Waals surface area (Å²) in [6.07, 6.45) is 1.07. The number of nitrogen functional groups attached to an aromatic ring is 2. The molecule has 2 aromatic rings. The van der Waals surface area contributed by atoms with Gasteiger partial charge in [-0.3, -0.25) is 0 Å². The van der Waals surface area contributed by atoms with E-state index >= 15 is 0 Å². The van der Waals surface area contributed by atoms with Crippen LogP contribution >= 0.6 is 0 Å². The highest BCUT2D eigenvalue weighted by atomic mass is 15.4. The summed E-state index contributed by atoms with van der Waals surface area (Å²) in [5, 5.41) is 0. The smallest absolute Gasteiger partial charge is 0.150 e. The van der Waals surface area contributed by atoms with Crippen molar-refractivity contribution >= 4 is 11.5 Å². The lowest BCUT2D eigenvalue weighted by Crippen LogP contribution is -2.16. The molecule has 0 saturated heterocycles. The molecule has 5 nitrogen and oxygen atoms in total. The summed E-state index contributed by atoms with van der Waals surface area (Å²) in [7, 11) is 2.12. The van der Waals surface area contributed by atoms with Crippen LogP contribution in [0.15, 0.2) is 18.2 Å². The van der Waals surface area contributed by atoms with Gasteiger partial charge in [0.05, 0.1) is 0 Å². The van der Waals surface area contributed by atoms with Crippen LogP contribution in [0.4, 0.5) is 11.5 Å². The van der Waals surface area contributed by atoms with Crippen LogP contribution in [0.2, 0.25) is 0 Å². The molecule has 0 atom stereocenters. The van der Waals surface area contributed by atoms with Crippen LogP contribution in [0, 0.1) is 0 Å². The Balaban J connectivity index is 2.08. The molecule has 0 spiro atoms.